The van der Waals surface area contributed by atoms with Gasteiger partial charge < -0.3 is 10.2 Å². The first-order valence-corrected chi connectivity index (χ1v) is 7.94. The molecule has 0 aromatic carbocycles. The molecule has 1 unspecified atom stereocenters. The van der Waals surface area contributed by atoms with Gasteiger partial charge in [-0.3, -0.25) is 9.78 Å². The number of rotatable bonds is 4. The summed E-state index contributed by atoms with van der Waals surface area (Å²) >= 11 is 0. The van der Waals surface area contributed by atoms with E-state index in [0.29, 0.717) is 13.1 Å². The fraction of sp³-hybridized carbons (Fsp3) is 0.412. The molecule has 6 nitrogen and oxygen atoms in total. The van der Waals surface area contributed by atoms with E-state index >= 15 is 0 Å². The van der Waals surface area contributed by atoms with Gasteiger partial charge in [0.1, 0.15) is 0 Å². The van der Waals surface area contributed by atoms with Gasteiger partial charge in [-0.05, 0) is 43.5 Å². The summed E-state index contributed by atoms with van der Waals surface area (Å²) in [7, 11) is 0. The molecule has 0 aliphatic carbocycles. The minimum atomic E-state index is -0.0106. The van der Waals surface area contributed by atoms with E-state index in [2.05, 4.69) is 25.4 Å². The van der Waals surface area contributed by atoms with Gasteiger partial charge in [0.15, 0.2) is 5.82 Å². The third-order valence-corrected chi connectivity index (χ3v) is 4.09. The van der Waals surface area contributed by atoms with Crippen LogP contribution < -0.4 is 10.2 Å². The zero-order valence-electron chi connectivity index (χ0n) is 13.3. The van der Waals surface area contributed by atoms with Crippen LogP contribution in [0.4, 0.5) is 5.82 Å². The lowest BCUT2D eigenvalue weighted by Gasteiger charge is -2.32. The number of aromatic nitrogens is 3. The van der Waals surface area contributed by atoms with Crippen molar-refractivity contribution in [1.29, 1.82) is 0 Å². The molecule has 2 aromatic rings. The SMILES string of the molecule is Cc1ccc(N2CCCC(C(=O)NCc3cccnc3)C2)nn1. The minimum absolute atomic E-state index is 0.0106. The summed E-state index contributed by atoms with van der Waals surface area (Å²) in [5.41, 5.74) is 1.91. The number of amides is 1. The first-order chi connectivity index (χ1) is 11.2. The number of aryl methyl sites for hydroxylation is 1. The number of hydrogen-bond acceptors (Lipinski definition) is 5. The Morgan fingerprint density at radius 2 is 2.26 bits per heavy atom. The molecule has 1 amide bonds. The highest BCUT2D eigenvalue weighted by molar-refractivity contribution is 5.79. The van der Waals surface area contributed by atoms with Crippen molar-refractivity contribution in [3.63, 3.8) is 0 Å². The van der Waals surface area contributed by atoms with Gasteiger partial charge in [0.05, 0.1) is 11.6 Å². The predicted octanol–water partition coefficient (Wildman–Crippen LogP) is 1.71. The molecule has 2 aromatic heterocycles. The third-order valence-electron chi connectivity index (χ3n) is 4.09. The monoisotopic (exact) mass is 311 g/mol. The molecule has 0 spiro atoms. The number of nitrogens with one attached hydrogen (secondary N) is 1. The molecule has 1 saturated heterocycles. The summed E-state index contributed by atoms with van der Waals surface area (Å²) in [4.78, 5) is 18.6. The van der Waals surface area contributed by atoms with Crippen molar-refractivity contribution in [3.05, 3.63) is 47.9 Å². The molecule has 1 aliphatic rings. The zero-order chi connectivity index (χ0) is 16.1. The average molecular weight is 311 g/mol. The average Bonchev–Trinajstić information content (AvgIpc) is 2.61. The van der Waals surface area contributed by atoms with Gasteiger partial charge in [0.2, 0.25) is 5.91 Å². The van der Waals surface area contributed by atoms with Gasteiger partial charge in [0.25, 0.3) is 0 Å². The molecule has 1 aliphatic heterocycles. The van der Waals surface area contributed by atoms with Crippen LogP contribution in [0.25, 0.3) is 0 Å². The van der Waals surface area contributed by atoms with E-state index in [1.807, 2.05) is 31.2 Å². The Hall–Kier alpha value is -2.50. The second-order valence-electron chi connectivity index (χ2n) is 5.90. The number of carbonyl (C=O) groups is 1. The summed E-state index contributed by atoms with van der Waals surface area (Å²) in [6.45, 7) is 4.05. The van der Waals surface area contributed by atoms with Crippen LogP contribution in [-0.2, 0) is 11.3 Å². The number of carbonyl (C=O) groups excluding carboxylic acids is 1. The number of piperidine rings is 1. The molecule has 6 heteroatoms. The molecule has 120 valence electrons. The van der Waals surface area contributed by atoms with Crippen molar-refractivity contribution in [2.24, 2.45) is 5.92 Å². The van der Waals surface area contributed by atoms with Gasteiger partial charge in [0, 0.05) is 32.0 Å². The van der Waals surface area contributed by atoms with Crippen LogP contribution in [0.1, 0.15) is 24.1 Å². The Bertz CT molecular complexity index is 644. The van der Waals surface area contributed by atoms with Gasteiger partial charge in [-0.2, -0.15) is 5.10 Å². The lowest BCUT2D eigenvalue weighted by molar-refractivity contribution is -0.125. The normalized spacial score (nSPS) is 17.8. The van der Waals surface area contributed by atoms with Crippen molar-refractivity contribution in [1.82, 2.24) is 20.5 Å². The molecule has 0 bridgehead atoms. The topological polar surface area (TPSA) is 71.0 Å². The Balaban J connectivity index is 1.57. The molecule has 0 radical (unpaired) electrons. The van der Waals surface area contributed by atoms with Gasteiger partial charge in [-0.15, -0.1) is 5.10 Å². The van der Waals surface area contributed by atoms with Crippen LogP contribution >= 0.6 is 0 Å². The van der Waals surface area contributed by atoms with Gasteiger partial charge in [-0.1, -0.05) is 6.07 Å². The number of hydrogen-bond donors (Lipinski definition) is 1. The molecule has 23 heavy (non-hydrogen) atoms. The predicted molar refractivity (Wildman–Crippen MR) is 87.8 cm³/mol. The highest BCUT2D eigenvalue weighted by atomic mass is 16.1. The third kappa shape index (κ3) is 4.03. The van der Waals surface area contributed by atoms with Gasteiger partial charge in [-0.25, -0.2) is 0 Å². The van der Waals surface area contributed by atoms with Crippen LogP contribution in [0.15, 0.2) is 36.7 Å². The maximum atomic E-state index is 12.4. The first-order valence-electron chi connectivity index (χ1n) is 7.94. The van der Waals surface area contributed by atoms with Gasteiger partial charge >= 0.3 is 0 Å². The van der Waals surface area contributed by atoms with Crippen molar-refractivity contribution in [3.8, 4) is 0 Å². The first kappa shape index (κ1) is 15.4. The summed E-state index contributed by atoms with van der Waals surface area (Å²) < 4.78 is 0. The van der Waals surface area contributed by atoms with E-state index in [9.17, 15) is 4.79 Å². The number of anilines is 1. The zero-order valence-corrected chi connectivity index (χ0v) is 13.3. The van der Waals surface area contributed by atoms with E-state index in [1.54, 1.807) is 12.4 Å². The Morgan fingerprint density at radius 3 is 3.00 bits per heavy atom. The molecule has 0 saturated carbocycles. The Morgan fingerprint density at radius 1 is 1.35 bits per heavy atom. The molecule has 3 rings (SSSR count). The molecular weight excluding hydrogens is 290 g/mol. The van der Waals surface area contributed by atoms with E-state index in [4.69, 9.17) is 0 Å². The number of nitrogens with zero attached hydrogens (tertiary/aromatic N) is 4. The summed E-state index contributed by atoms with van der Waals surface area (Å²) in [6.07, 6.45) is 5.40. The molecular formula is C17H21N5O. The van der Waals surface area contributed by atoms with Crippen LogP contribution in [0, 0.1) is 12.8 Å². The maximum absolute atomic E-state index is 12.4. The fourth-order valence-electron chi connectivity index (χ4n) is 2.80. The summed E-state index contributed by atoms with van der Waals surface area (Å²) in [6, 6.07) is 7.76. The summed E-state index contributed by atoms with van der Waals surface area (Å²) in [5, 5.41) is 11.3. The van der Waals surface area contributed by atoms with Crippen molar-refractivity contribution < 1.29 is 4.79 Å². The number of pyridine rings is 1. The van der Waals surface area contributed by atoms with E-state index in [1.165, 1.54) is 0 Å². The minimum Gasteiger partial charge on any atom is -0.354 e. The van der Waals surface area contributed by atoms with Crippen molar-refractivity contribution in [2.75, 3.05) is 18.0 Å². The lowest BCUT2D eigenvalue weighted by Crippen LogP contribution is -2.43. The van der Waals surface area contributed by atoms with Crippen LogP contribution in [0.5, 0.6) is 0 Å². The van der Waals surface area contributed by atoms with E-state index in [0.717, 1.165) is 36.5 Å². The highest BCUT2D eigenvalue weighted by Crippen LogP contribution is 2.21. The lowest BCUT2D eigenvalue weighted by atomic mass is 9.97. The quantitative estimate of drug-likeness (QED) is 0.931. The smallest absolute Gasteiger partial charge is 0.225 e. The second-order valence-corrected chi connectivity index (χ2v) is 5.90. The maximum Gasteiger partial charge on any atom is 0.225 e. The van der Waals surface area contributed by atoms with E-state index < -0.39 is 0 Å². The molecule has 3 heterocycles. The summed E-state index contributed by atoms with van der Waals surface area (Å²) in [5.74, 6) is 0.933. The second kappa shape index (κ2) is 7.17. The van der Waals surface area contributed by atoms with Crippen molar-refractivity contribution in [2.45, 2.75) is 26.3 Å². The van der Waals surface area contributed by atoms with E-state index in [-0.39, 0.29) is 11.8 Å². The van der Waals surface area contributed by atoms with Crippen LogP contribution in [0.3, 0.4) is 0 Å². The Kier molecular flexibility index (Phi) is 4.80. The highest BCUT2D eigenvalue weighted by Gasteiger charge is 2.26. The Labute approximate surface area is 136 Å². The standard InChI is InChI=1S/C17H21N5O/c1-13-6-7-16(21-20-13)22-9-3-5-15(12-22)17(23)19-11-14-4-2-8-18-10-14/h2,4,6-8,10,15H,3,5,9,11-12H2,1H3,(H,19,23). The molecule has 1 fully saturated rings. The van der Waals surface area contributed by atoms with Crippen LogP contribution in [0.2, 0.25) is 0 Å². The molecule has 1 atom stereocenters. The van der Waals surface area contributed by atoms with Crippen LogP contribution in [-0.4, -0.2) is 34.2 Å². The fourth-order valence-corrected chi connectivity index (χ4v) is 2.80. The molecule has 1 N–H and O–H groups in total. The largest absolute Gasteiger partial charge is 0.354 e. The van der Waals surface area contributed by atoms with Crippen molar-refractivity contribution >= 4 is 11.7 Å².